The van der Waals surface area contributed by atoms with E-state index in [1.165, 1.54) is 6.26 Å². The summed E-state index contributed by atoms with van der Waals surface area (Å²) < 4.78 is 5.15. The molecule has 0 atom stereocenters. The van der Waals surface area contributed by atoms with Gasteiger partial charge in [0.25, 0.3) is 5.91 Å². The maximum atomic E-state index is 12.5. The molecule has 1 aromatic rings. The summed E-state index contributed by atoms with van der Waals surface area (Å²) >= 11 is 0. The normalized spacial score (nSPS) is 15.6. The Kier molecular flexibility index (Phi) is 5.41. The molecular weight excluding hydrogens is 280 g/mol. The van der Waals surface area contributed by atoms with E-state index in [9.17, 15) is 9.59 Å². The van der Waals surface area contributed by atoms with E-state index in [0.717, 1.165) is 5.57 Å². The Bertz CT molecular complexity index is 528. The Morgan fingerprint density at radius 1 is 1.41 bits per heavy atom. The number of piperidine rings is 1. The molecule has 1 aromatic heterocycles. The Morgan fingerprint density at radius 3 is 2.59 bits per heavy atom. The van der Waals surface area contributed by atoms with Gasteiger partial charge in [0.15, 0.2) is 5.76 Å². The first kappa shape index (κ1) is 16.3. The SMILES string of the molecule is C=C(C)CN(CC)C(=O)C1CCN(C(=O)c2ccco2)CC1. The molecule has 2 amide bonds. The van der Waals surface area contributed by atoms with E-state index in [2.05, 4.69) is 6.58 Å². The quantitative estimate of drug-likeness (QED) is 0.786. The lowest BCUT2D eigenvalue weighted by Crippen LogP contribution is -2.44. The number of hydrogen-bond acceptors (Lipinski definition) is 3. The first-order valence-corrected chi connectivity index (χ1v) is 7.78. The molecule has 0 spiro atoms. The first-order chi connectivity index (χ1) is 10.5. The van der Waals surface area contributed by atoms with E-state index < -0.39 is 0 Å². The maximum Gasteiger partial charge on any atom is 0.289 e. The lowest BCUT2D eigenvalue weighted by molar-refractivity contribution is -0.136. The van der Waals surface area contributed by atoms with Crippen molar-refractivity contribution in [3.05, 3.63) is 36.3 Å². The Hall–Kier alpha value is -2.04. The molecule has 1 aliphatic rings. The summed E-state index contributed by atoms with van der Waals surface area (Å²) in [6.07, 6.45) is 2.91. The average molecular weight is 304 g/mol. The van der Waals surface area contributed by atoms with Crippen LogP contribution in [0.3, 0.4) is 0 Å². The largest absolute Gasteiger partial charge is 0.459 e. The minimum Gasteiger partial charge on any atom is -0.459 e. The van der Waals surface area contributed by atoms with Crippen LogP contribution in [0.4, 0.5) is 0 Å². The number of rotatable bonds is 5. The molecular formula is C17H24N2O3. The number of likely N-dealkylation sites (N-methyl/N-ethyl adjacent to an activating group) is 1. The fourth-order valence-corrected chi connectivity index (χ4v) is 2.82. The number of nitrogens with zero attached hydrogens (tertiary/aromatic N) is 2. The number of hydrogen-bond donors (Lipinski definition) is 0. The van der Waals surface area contributed by atoms with E-state index >= 15 is 0 Å². The summed E-state index contributed by atoms with van der Waals surface area (Å²) in [5.74, 6) is 0.447. The molecule has 5 nitrogen and oxygen atoms in total. The van der Waals surface area contributed by atoms with Gasteiger partial charge in [0, 0.05) is 32.1 Å². The van der Waals surface area contributed by atoms with Gasteiger partial charge in [0.1, 0.15) is 0 Å². The van der Waals surface area contributed by atoms with E-state index in [1.54, 1.807) is 17.0 Å². The van der Waals surface area contributed by atoms with Crippen LogP contribution in [0, 0.1) is 5.92 Å². The van der Waals surface area contributed by atoms with Gasteiger partial charge in [-0.15, -0.1) is 0 Å². The van der Waals surface area contributed by atoms with Gasteiger partial charge < -0.3 is 14.2 Å². The van der Waals surface area contributed by atoms with Crippen LogP contribution in [0.15, 0.2) is 35.0 Å². The van der Waals surface area contributed by atoms with E-state index in [1.807, 2.05) is 18.7 Å². The fourth-order valence-electron chi connectivity index (χ4n) is 2.82. The third-order valence-corrected chi connectivity index (χ3v) is 4.02. The van der Waals surface area contributed by atoms with Crippen LogP contribution in [0.1, 0.15) is 37.2 Å². The highest BCUT2D eigenvalue weighted by Gasteiger charge is 2.30. The molecule has 1 fully saturated rings. The van der Waals surface area contributed by atoms with E-state index in [4.69, 9.17) is 4.42 Å². The van der Waals surface area contributed by atoms with E-state index in [-0.39, 0.29) is 17.7 Å². The molecule has 22 heavy (non-hydrogen) atoms. The lowest BCUT2D eigenvalue weighted by atomic mass is 9.95. The van der Waals surface area contributed by atoms with Gasteiger partial charge in [-0.2, -0.15) is 0 Å². The van der Waals surface area contributed by atoms with Crippen LogP contribution in [0.2, 0.25) is 0 Å². The van der Waals surface area contributed by atoms with Crippen molar-refractivity contribution in [1.82, 2.24) is 9.80 Å². The zero-order chi connectivity index (χ0) is 16.1. The summed E-state index contributed by atoms with van der Waals surface area (Å²) in [6.45, 7) is 10.3. The van der Waals surface area contributed by atoms with Crippen molar-refractivity contribution >= 4 is 11.8 Å². The summed E-state index contributed by atoms with van der Waals surface area (Å²) in [5, 5.41) is 0. The summed E-state index contributed by atoms with van der Waals surface area (Å²) in [7, 11) is 0. The van der Waals surface area contributed by atoms with Crippen LogP contribution in [-0.2, 0) is 4.79 Å². The van der Waals surface area contributed by atoms with Crippen LogP contribution in [0.25, 0.3) is 0 Å². The standard InChI is InChI=1S/C17H24N2O3/c1-4-18(12-13(2)3)16(20)14-7-9-19(10-8-14)17(21)15-6-5-11-22-15/h5-6,11,14H,2,4,7-10,12H2,1,3H3. The van der Waals surface area contributed by atoms with Crippen molar-refractivity contribution in [2.45, 2.75) is 26.7 Å². The van der Waals surface area contributed by atoms with Crippen molar-refractivity contribution < 1.29 is 14.0 Å². The van der Waals surface area contributed by atoms with Gasteiger partial charge in [0.2, 0.25) is 5.91 Å². The van der Waals surface area contributed by atoms with E-state index in [0.29, 0.717) is 44.8 Å². The van der Waals surface area contributed by atoms with Crippen LogP contribution in [0.5, 0.6) is 0 Å². The molecule has 2 heterocycles. The number of carbonyl (C=O) groups is 2. The second kappa shape index (κ2) is 7.29. The number of likely N-dealkylation sites (tertiary alicyclic amines) is 1. The molecule has 1 aliphatic heterocycles. The minimum atomic E-state index is -0.0924. The molecule has 0 N–H and O–H groups in total. The third kappa shape index (κ3) is 3.78. The molecule has 5 heteroatoms. The second-order valence-electron chi connectivity index (χ2n) is 5.85. The molecule has 1 saturated heterocycles. The molecule has 0 saturated carbocycles. The van der Waals surface area contributed by atoms with Gasteiger partial charge in [-0.1, -0.05) is 12.2 Å². The Balaban J connectivity index is 1.90. The lowest BCUT2D eigenvalue weighted by Gasteiger charge is -2.33. The zero-order valence-electron chi connectivity index (χ0n) is 13.4. The minimum absolute atomic E-state index is 0.0000454. The fraction of sp³-hybridized carbons (Fsp3) is 0.529. The Morgan fingerprint density at radius 2 is 2.09 bits per heavy atom. The molecule has 120 valence electrons. The van der Waals surface area contributed by atoms with Gasteiger partial charge >= 0.3 is 0 Å². The first-order valence-electron chi connectivity index (χ1n) is 7.78. The highest BCUT2D eigenvalue weighted by molar-refractivity contribution is 5.91. The number of furan rings is 1. The Labute approximate surface area is 131 Å². The van der Waals surface area contributed by atoms with Gasteiger partial charge in [0.05, 0.1) is 6.26 Å². The zero-order valence-corrected chi connectivity index (χ0v) is 13.4. The molecule has 0 radical (unpaired) electrons. The van der Waals surface area contributed by atoms with Crippen LogP contribution in [-0.4, -0.2) is 47.8 Å². The van der Waals surface area contributed by atoms with Gasteiger partial charge in [-0.05, 0) is 38.8 Å². The summed E-state index contributed by atoms with van der Waals surface area (Å²) in [5.41, 5.74) is 0.987. The molecule has 0 aromatic carbocycles. The molecule has 2 rings (SSSR count). The van der Waals surface area contributed by atoms with Crippen molar-refractivity contribution in [3.8, 4) is 0 Å². The van der Waals surface area contributed by atoms with Crippen molar-refractivity contribution in [2.24, 2.45) is 5.92 Å². The highest BCUT2D eigenvalue weighted by Crippen LogP contribution is 2.21. The topological polar surface area (TPSA) is 53.8 Å². The second-order valence-corrected chi connectivity index (χ2v) is 5.85. The molecule has 0 aliphatic carbocycles. The maximum absolute atomic E-state index is 12.5. The smallest absolute Gasteiger partial charge is 0.289 e. The predicted molar refractivity (Wildman–Crippen MR) is 84.4 cm³/mol. The van der Waals surface area contributed by atoms with Gasteiger partial charge in [-0.3, -0.25) is 9.59 Å². The van der Waals surface area contributed by atoms with Crippen LogP contribution >= 0.6 is 0 Å². The monoisotopic (exact) mass is 304 g/mol. The highest BCUT2D eigenvalue weighted by atomic mass is 16.3. The van der Waals surface area contributed by atoms with Crippen molar-refractivity contribution in [2.75, 3.05) is 26.2 Å². The number of amides is 2. The summed E-state index contributed by atoms with van der Waals surface area (Å²) in [6, 6.07) is 3.38. The van der Waals surface area contributed by atoms with Crippen molar-refractivity contribution in [3.63, 3.8) is 0 Å². The van der Waals surface area contributed by atoms with Gasteiger partial charge in [-0.25, -0.2) is 0 Å². The van der Waals surface area contributed by atoms with Crippen LogP contribution < -0.4 is 0 Å². The van der Waals surface area contributed by atoms with Crippen molar-refractivity contribution in [1.29, 1.82) is 0 Å². The molecule has 0 bridgehead atoms. The number of carbonyl (C=O) groups excluding carboxylic acids is 2. The third-order valence-electron chi connectivity index (χ3n) is 4.02. The molecule has 0 unspecified atom stereocenters. The average Bonchev–Trinajstić information content (AvgIpc) is 3.05. The predicted octanol–water partition coefficient (Wildman–Crippen LogP) is 2.56. The summed E-state index contributed by atoms with van der Waals surface area (Å²) in [4.78, 5) is 28.3.